The van der Waals surface area contributed by atoms with Crippen LogP contribution >= 0.6 is 23.1 Å². The molecule has 0 aliphatic rings. The first-order valence-corrected chi connectivity index (χ1v) is 10.5. The summed E-state index contributed by atoms with van der Waals surface area (Å²) in [5.74, 6) is 2.06. The van der Waals surface area contributed by atoms with Gasteiger partial charge in [-0.2, -0.15) is 0 Å². The van der Waals surface area contributed by atoms with Crippen molar-refractivity contribution in [2.75, 3.05) is 16.8 Å². The van der Waals surface area contributed by atoms with Crippen molar-refractivity contribution in [3.05, 3.63) is 54.6 Å². The lowest BCUT2D eigenvalue weighted by molar-refractivity contribution is -0.116. The standard InChI is InChI=1S/C19H21N5O2S2/c20-13(12-27-19-24-23-18(21)28-19)6-11-17(25)22-14-7-9-16(10-8-14)26-15-4-2-1-3-5-15/h1-5,7-10,13H,6,11-12,20H2,(H2,21,23)(H,22,25)/t13-/m0/s1. The van der Waals surface area contributed by atoms with Crippen LogP contribution in [0.3, 0.4) is 0 Å². The van der Waals surface area contributed by atoms with Gasteiger partial charge in [0.05, 0.1) is 0 Å². The highest BCUT2D eigenvalue weighted by Gasteiger charge is 2.10. The second kappa shape index (κ2) is 10.1. The van der Waals surface area contributed by atoms with Crippen LogP contribution < -0.4 is 21.5 Å². The van der Waals surface area contributed by atoms with Gasteiger partial charge in [0.2, 0.25) is 11.0 Å². The average Bonchev–Trinajstić information content (AvgIpc) is 3.12. The molecule has 0 spiro atoms. The molecule has 0 saturated heterocycles. The normalized spacial score (nSPS) is 11.8. The zero-order chi connectivity index (χ0) is 19.8. The largest absolute Gasteiger partial charge is 0.457 e. The molecule has 1 amide bonds. The third-order valence-corrected chi connectivity index (χ3v) is 5.78. The summed E-state index contributed by atoms with van der Waals surface area (Å²) in [7, 11) is 0. The fourth-order valence-corrected chi connectivity index (χ4v) is 3.97. The van der Waals surface area contributed by atoms with Gasteiger partial charge in [-0.1, -0.05) is 41.3 Å². The van der Waals surface area contributed by atoms with Crippen molar-refractivity contribution in [2.45, 2.75) is 23.2 Å². The monoisotopic (exact) mass is 415 g/mol. The highest BCUT2D eigenvalue weighted by atomic mass is 32.2. The molecule has 0 aliphatic carbocycles. The Kier molecular flexibility index (Phi) is 7.24. The second-order valence-electron chi connectivity index (χ2n) is 6.00. The Labute approximate surface area is 171 Å². The predicted molar refractivity (Wildman–Crippen MR) is 114 cm³/mol. The summed E-state index contributed by atoms with van der Waals surface area (Å²) in [6, 6.07) is 16.7. The maximum absolute atomic E-state index is 12.1. The minimum Gasteiger partial charge on any atom is -0.457 e. The van der Waals surface area contributed by atoms with Gasteiger partial charge >= 0.3 is 0 Å². The number of hydrogen-bond acceptors (Lipinski definition) is 8. The Bertz CT molecular complexity index is 887. The molecule has 0 fully saturated rings. The summed E-state index contributed by atoms with van der Waals surface area (Å²) in [4.78, 5) is 12.1. The highest BCUT2D eigenvalue weighted by molar-refractivity contribution is 8.01. The van der Waals surface area contributed by atoms with E-state index in [4.69, 9.17) is 16.2 Å². The summed E-state index contributed by atoms with van der Waals surface area (Å²) in [6.45, 7) is 0. The minimum absolute atomic E-state index is 0.0719. The van der Waals surface area contributed by atoms with Gasteiger partial charge < -0.3 is 21.5 Å². The lowest BCUT2D eigenvalue weighted by Crippen LogP contribution is -2.25. The number of aromatic nitrogens is 2. The van der Waals surface area contributed by atoms with E-state index in [1.54, 1.807) is 0 Å². The van der Waals surface area contributed by atoms with Gasteiger partial charge in [-0.15, -0.1) is 10.2 Å². The van der Waals surface area contributed by atoms with Gasteiger partial charge in [0.15, 0.2) is 4.34 Å². The molecule has 0 bridgehead atoms. The number of nitrogens with zero attached hydrogens (tertiary/aromatic N) is 2. The molecule has 9 heteroatoms. The molecule has 0 radical (unpaired) electrons. The Morgan fingerprint density at radius 2 is 1.82 bits per heavy atom. The molecule has 0 unspecified atom stereocenters. The van der Waals surface area contributed by atoms with E-state index in [0.717, 1.165) is 15.8 Å². The van der Waals surface area contributed by atoms with E-state index in [1.807, 2.05) is 54.6 Å². The summed E-state index contributed by atoms with van der Waals surface area (Å²) in [6.07, 6.45) is 0.935. The number of nitrogen functional groups attached to an aromatic ring is 1. The molecule has 1 atom stereocenters. The van der Waals surface area contributed by atoms with Gasteiger partial charge in [-0.3, -0.25) is 4.79 Å². The summed E-state index contributed by atoms with van der Waals surface area (Å²) in [5, 5.41) is 11.0. The van der Waals surface area contributed by atoms with Gasteiger partial charge in [-0.25, -0.2) is 0 Å². The maximum Gasteiger partial charge on any atom is 0.224 e. The maximum atomic E-state index is 12.1. The number of ether oxygens (including phenoxy) is 1. The molecule has 3 aromatic rings. The van der Waals surface area contributed by atoms with E-state index in [1.165, 1.54) is 23.1 Å². The molecule has 2 aromatic carbocycles. The van der Waals surface area contributed by atoms with Crippen molar-refractivity contribution in [1.29, 1.82) is 0 Å². The number of carbonyl (C=O) groups excluding carboxylic acids is 1. The SMILES string of the molecule is Nc1nnc(SC[C@@H](N)CCC(=O)Nc2ccc(Oc3ccccc3)cc2)s1. The van der Waals surface area contributed by atoms with Crippen LogP contribution in [0.25, 0.3) is 0 Å². The summed E-state index contributed by atoms with van der Waals surface area (Å²) in [5.41, 5.74) is 12.3. The van der Waals surface area contributed by atoms with Gasteiger partial charge in [0.1, 0.15) is 11.5 Å². The average molecular weight is 416 g/mol. The Hall–Kier alpha value is -2.62. The first-order valence-electron chi connectivity index (χ1n) is 8.68. The van der Waals surface area contributed by atoms with Crippen molar-refractivity contribution >= 4 is 39.8 Å². The third-order valence-electron chi connectivity index (χ3n) is 3.70. The van der Waals surface area contributed by atoms with Crippen LogP contribution in [0.1, 0.15) is 12.8 Å². The van der Waals surface area contributed by atoms with E-state index in [0.29, 0.717) is 29.5 Å². The minimum atomic E-state index is -0.109. The number of nitrogens with two attached hydrogens (primary N) is 2. The first kappa shape index (κ1) is 20.1. The first-order chi connectivity index (χ1) is 13.6. The van der Waals surface area contributed by atoms with Crippen molar-refractivity contribution in [1.82, 2.24) is 10.2 Å². The van der Waals surface area contributed by atoms with Crippen LogP contribution in [0.15, 0.2) is 58.9 Å². The van der Waals surface area contributed by atoms with Gasteiger partial charge in [-0.05, 0) is 42.8 Å². The molecule has 146 valence electrons. The highest BCUT2D eigenvalue weighted by Crippen LogP contribution is 2.25. The predicted octanol–water partition coefficient (Wildman–Crippen LogP) is 3.75. The fraction of sp³-hybridized carbons (Fsp3) is 0.211. The number of rotatable bonds is 9. The van der Waals surface area contributed by atoms with Crippen molar-refractivity contribution in [3.63, 3.8) is 0 Å². The van der Waals surface area contributed by atoms with Crippen LogP contribution in [0.2, 0.25) is 0 Å². The van der Waals surface area contributed by atoms with Crippen LogP contribution in [-0.4, -0.2) is 27.9 Å². The Morgan fingerprint density at radius 3 is 2.50 bits per heavy atom. The van der Waals surface area contributed by atoms with Crippen LogP contribution in [0.5, 0.6) is 11.5 Å². The smallest absolute Gasteiger partial charge is 0.224 e. The number of anilines is 2. The number of amides is 1. The zero-order valence-electron chi connectivity index (χ0n) is 15.1. The lowest BCUT2D eigenvalue weighted by atomic mass is 10.2. The zero-order valence-corrected chi connectivity index (χ0v) is 16.7. The van der Waals surface area contributed by atoms with E-state index >= 15 is 0 Å². The number of thioether (sulfide) groups is 1. The van der Waals surface area contributed by atoms with Crippen molar-refractivity contribution in [3.8, 4) is 11.5 Å². The molecular formula is C19H21N5O2S2. The number of benzene rings is 2. The Balaban J connectivity index is 1.39. The van der Waals surface area contributed by atoms with E-state index < -0.39 is 0 Å². The Morgan fingerprint density at radius 1 is 1.11 bits per heavy atom. The fourth-order valence-electron chi connectivity index (χ4n) is 2.31. The van der Waals surface area contributed by atoms with Crippen LogP contribution in [-0.2, 0) is 4.79 Å². The number of hydrogen-bond donors (Lipinski definition) is 3. The van der Waals surface area contributed by atoms with Crippen LogP contribution in [0.4, 0.5) is 10.8 Å². The lowest BCUT2D eigenvalue weighted by Gasteiger charge is -2.11. The molecule has 1 heterocycles. The summed E-state index contributed by atoms with van der Waals surface area (Å²) < 4.78 is 6.52. The van der Waals surface area contributed by atoms with Crippen LogP contribution in [0, 0.1) is 0 Å². The number of carbonyl (C=O) groups is 1. The summed E-state index contributed by atoms with van der Waals surface area (Å²) >= 11 is 2.83. The molecule has 0 saturated carbocycles. The quantitative estimate of drug-likeness (QED) is 0.456. The molecular weight excluding hydrogens is 394 g/mol. The molecule has 28 heavy (non-hydrogen) atoms. The molecule has 5 N–H and O–H groups in total. The van der Waals surface area contributed by atoms with Crippen molar-refractivity contribution < 1.29 is 9.53 Å². The number of nitrogens with one attached hydrogen (secondary N) is 1. The topological polar surface area (TPSA) is 116 Å². The molecule has 1 aromatic heterocycles. The number of para-hydroxylation sites is 1. The molecule has 0 aliphatic heterocycles. The second-order valence-corrected chi connectivity index (χ2v) is 8.28. The molecule has 3 rings (SSSR count). The van der Waals surface area contributed by atoms with E-state index in [9.17, 15) is 4.79 Å². The third kappa shape index (κ3) is 6.52. The van der Waals surface area contributed by atoms with E-state index in [-0.39, 0.29) is 11.9 Å². The van der Waals surface area contributed by atoms with E-state index in [2.05, 4.69) is 15.5 Å². The van der Waals surface area contributed by atoms with Crippen molar-refractivity contribution in [2.24, 2.45) is 5.73 Å². The van der Waals surface area contributed by atoms with Gasteiger partial charge in [0.25, 0.3) is 0 Å². The molecule has 7 nitrogen and oxygen atoms in total. The van der Waals surface area contributed by atoms with Gasteiger partial charge in [0, 0.05) is 23.9 Å².